The summed E-state index contributed by atoms with van der Waals surface area (Å²) in [5.41, 5.74) is 0. The van der Waals surface area contributed by atoms with Gasteiger partial charge in [0.1, 0.15) is 0 Å². The fourth-order valence-corrected chi connectivity index (χ4v) is 10.1. The van der Waals surface area contributed by atoms with Crippen molar-refractivity contribution in [2.45, 2.75) is 68.2 Å². The summed E-state index contributed by atoms with van der Waals surface area (Å²) in [5, 5.41) is 0. The summed E-state index contributed by atoms with van der Waals surface area (Å²) in [7, 11) is 0. The van der Waals surface area contributed by atoms with Crippen LogP contribution in [0.2, 0.25) is 26.6 Å². The summed E-state index contributed by atoms with van der Waals surface area (Å²) < 4.78 is 9.30. The molecule has 0 unspecified atom stereocenters. The first kappa shape index (κ1) is 22.2. The van der Waals surface area contributed by atoms with E-state index < -0.39 is 39.5 Å². The molecule has 15 heavy (non-hydrogen) atoms. The van der Waals surface area contributed by atoms with Gasteiger partial charge in [-0.2, -0.15) is 0 Å². The fraction of sp³-hybridized carbons (Fsp3) is 1.00. The number of hydrogen-bond acceptors (Lipinski definition) is 0. The molecule has 0 aliphatic rings. The maximum atomic E-state index is 2.35. The summed E-state index contributed by atoms with van der Waals surface area (Å²) in [6.07, 6.45) is 0. The Hall–Kier alpha value is 1.95. The molecule has 0 aliphatic heterocycles. The Morgan fingerprint density at radius 2 is 0.600 bits per heavy atom. The molecule has 0 amide bonds. The van der Waals surface area contributed by atoms with E-state index in [9.17, 15) is 0 Å². The van der Waals surface area contributed by atoms with E-state index in [-0.39, 0.29) is 13.5 Å². The zero-order valence-corrected chi connectivity index (χ0v) is 18.2. The van der Waals surface area contributed by atoms with Crippen molar-refractivity contribution in [3.8, 4) is 0 Å². The Labute approximate surface area is 120 Å². The van der Waals surface area contributed by atoms with E-state index in [2.05, 4.69) is 41.5 Å². The van der Waals surface area contributed by atoms with E-state index >= 15 is 0 Å². The van der Waals surface area contributed by atoms with E-state index in [0.717, 1.165) is 0 Å². The van der Waals surface area contributed by atoms with Crippen LogP contribution in [0.3, 0.4) is 0 Å². The van der Waals surface area contributed by atoms with Gasteiger partial charge >= 0.3 is 108 Å². The van der Waals surface area contributed by atoms with Crippen LogP contribution in [0.1, 0.15) is 41.5 Å². The van der Waals surface area contributed by atoms with Crippen molar-refractivity contribution in [1.29, 1.82) is 0 Å². The standard InChI is InChI=1S/6C2H5.S.2Sn/c6*1-2;;;/h6*1H2,2H3;;;/q;;;;;;-2;2*+1. The van der Waals surface area contributed by atoms with Crippen molar-refractivity contribution in [3.05, 3.63) is 0 Å². The largest absolute Gasteiger partial charge is 2.00 e. The summed E-state index contributed by atoms with van der Waals surface area (Å²) in [6, 6.07) is 0. The molecule has 0 aromatic rings. The van der Waals surface area contributed by atoms with Crippen LogP contribution in [-0.4, -0.2) is 39.5 Å². The summed E-state index contributed by atoms with van der Waals surface area (Å²) >= 11 is -1.31. The minimum absolute atomic E-state index is 0. The third-order valence-electron chi connectivity index (χ3n) is 3.00. The van der Waals surface area contributed by atoms with Crippen molar-refractivity contribution in [2.75, 3.05) is 0 Å². The van der Waals surface area contributed by atoms with E-state index in [1.54, 1.807) is 26.6 Å². The zero-order chi connectivity index (χ0) is 11.4. The third kappa shape index (κ3) is 15.9. The molecule has 0 nitrogen and oxygen atoms in total. The van der Waals surface area contributed by atoms with Gasteiger partial charge in [0, 0.05) is 0 Å². The van der Waals surface area contributed by atoms with Crippen molar-refractivity contribution in [3.63, 3.8) is 0 Å². The van der Waals surface area contributed by atoms with Gasteiger partial charge in [0.25, 0.3) is 0 Å². The van der Waals surface area contributed by atoms with Gasteiger partial charge in [-0.3, -0.25) is 0 Å². The summed E-state index contributed by atoms with van der Waals surface area (Å²) in [4.78, 5) is 0. The molecule has 0 aromatic heterocycles. The molecule has 0 bridgehead atoms. The molecule has 0 rings (SSSR count). The predicted molar refractivity (Wildman–Crippen MR) is 81.8 cm³/mol. The van der Waals surface area contributed by atoms with Crippen LogP contribution >= 0.6 is 0 Å². The Bertz CT molecular complexity index is 68.6. The van der Waals surface area contributed by atoms with Crippen LogP contribution < -0.4 is 0 Å². The van der Waals surface area contributed by atoms with Gasteiger partial charge in [-0.05, 0) is 0 Å². The van der Waals surface area contributed by atoms with Crippen LogP contribution in [0.4, 0.5) is 0 Å². The van der Waals surface area contributed by atoms with Gasteiger partial charge in [0.15, 0.2) is 0 Å². The first-order valence-corrected chi connectivity index (χ1v) is 18.5. The zero-order valence-electron chi connectivity index (χ0n) is 11.7. The predicted octanol–water partition coefficient (Wildman–Crippen LogP) is 5.08. The molecule has 0 spiro atoms. The Morgan fingerprint density at radius 3 is 0.600 bits per heavy atom. The molecule has 0 atom stereocenters. The quantitative estimate of drug-likeness (QED) is 0.502. The molecule has 3 heteroatoms. The SMILES string of the molecule is C[CH2][Sn+]([CH2]C)[CH2]C.C[CH2][Sn+]([CH2]C)[CH2]C.[S-2]. The van der Waals surface area contributed by atoms with Crippen molar-refractivity contribution < 1.29 is 0 Å². The van der Waals surface area contributed by atoms with Crippen molar-refractivity contribution in [1.82, 2.24) is 0 Å². The smallest absolute Gasteiger partial charge is 2.00 e. The molecule has 0 aliphatic carbocycles. The number of hydrogen-bond donors (Lipinski definition) is 0. The molecule has 0 N–H and O–H groups in total. The molecule has 0 aromatic carbocycles. The van der Waals surface area contributed by atoms with E-state index in [1.807, 2.05) is 0 Å². The van der Waals surface area contributed by atoms with Gasteiger partial charge < -0.3 is 13.5 Å². The fourth-order valence-electron chi connectivity index (χ4n) is 1.50. The first-order valence-electron chi connectivity index (χ1n) is 6.36. The first-order chi connectivity index (χ1) is 6.69. The van der Waals surface area contributed by atoms with Gasteiger partial charge in [0.2, 0.25) is 0 Å². The Balaban J connectivity index is -0.000000180. The van der Waals surface area contributed by atoms with Crippen LogP contribution in [0, 0.1) is 0 Å². The van der Waals surface area contributed by atoms with Gasteiger partial charge in [-0.1, -0.05) is 0 Å². The molecule has 92 valence electrons. The van der Waals surface area contributed by atoms with Crippen LogP contribution in [0.25, 0.3) is 0 Å². The van der Waals surface area contributed by atoms with E-state index in [4.69, 9.17) is 0 Å². The monoisotopic (exact) mass is 446 g/mol. The summed E-state index contributed by atoms with van der Waals surface area (Å²) in [6.45, 7) is 14.1. The second kappa shape index (κ2) is 18.3. The maximum absolute atomic E-state index is 2.35. The summed E-state index contributed by atoms with van der Waals surface area (Å²) in [5.74, 6) is 0. The average Bonchev–Trinajstić information content (AvgIpc) is 2.24. The molecule has 0 fully saturated rings. The van der Waals surface area contributed by atoms with E-state index in [1.165, 1.54) is 0 Å². The van der Waals surface area contributed by atoms with Crippen molar-refractivity contribution >= 4 is 53.0 Å². The second-order valence-electron chi connectivity index (χ2n) is 3.62. The molecule has 0 heterocycles. The second-order valence-corrected chi connectivity index (χ2v) is 24.3. The molecular formula is C12H30SSn2. The maximum Gasteiger partial charge on any atom is -2.00 e. The van der Waals surface area contributed by atoms with Gasteiger partial charge in [0.05, 0.1) is 0 Å². The van der Waals surface area contributed by atoms with Gasteiger partial charge in [-0.15, -0.1) is 0 Å². The number of rotatable bonds is 6. The Kier molecular flexibility index (Phi) is 27.1. The topological polar surface area (TPSA) is 0 Å². The van der Waals surface area contributed by atoms with Crippen molar-refractivity contribution in [2.24, 2.45) is 0 Å². The minimum Gasteiger partial charge on any atom is -2.00 e. The molecule has 0 radical (unpaired) electrons. The van der Waals surface area contributed by atoms with Crippen LogP contribution in [0.5, 0.6) is 0 Å². The average molecular weight is 444 g/mol. The van der Waals surface area contributed by atoms with Crippen LogP contribution in [0.15, 0.2) is 0 Å². The molecular weight excluding hydrogens is 414 g/mol. The molecule has 0 saturated carbocycles. The van der Waals surface area contributed by atoms with Crippen LogP contribution in [-0.2, 0) is 13.5 Å². The normalized spacial score (nSPS) is 8.40. The molecule has 0 saturated heterocycles. The minimum atomic E-state index is -0.653. The third-order valence-corrected chi connectivity index (χ3v) is 20.1. The Morgan fingerprint density at radius 1 is 0.467 bits per heavy atom. The van der Waals surface area contributed by atoms with E-state index in [0.29, 0.717) is 0 Å². The van der Waals surface area contributed by atoms with Gasteiger partial charge in [-0.25, -0.2) is 0 Å².